The van der Waals surface area contributed by atoms with Crippen LogP contribution in [0.5, 0.6) is 17.2 Å². The Bertz CT molecular complexity index is 1010. The summed E-state index contributed by atoms with van der Waals surface area (Å²) in [6, 6.07) is 14.2. The van der Waals surface area contributed by atoms with E-state index in [0.717, 1.165) is 0 Å². The van der Waals surface area contributed by atoms with Gasteiger partial charge in [-0.2, -0.15) is 10.5 Å². The number of ketones is 1. The minimum atomic E-state index is -0.302. The molecule has 2 aromatic carbocycles. The number of allylic oxidation sites excluding steroid dienone is 1. The van der Waals surface area contributed by atoms with Gasteiger partial charge in [-0.1, -0.05) is 18.2 Å². The third-order valence-corrected chi connectivity index (χ3v) is 4.43. The van der Waals surface area contributed by atoms with Crippen LogP contribution in [0.3, 0.4) is 0 Å². The largest absolute Gasteiger partial charge is 0.507 e. The fraction of sp³-hybridized carbons (Fsp3) is 0.190. The molecule has 1 heterocycles. The number of phenols is 1. The van der Waals surface area contributed by atoms with E-state index in [-0.39, 0.29) is 42.7 Å². The number of nitrogens with zero attached hydrogens (tertiary/aromatic N) is 2. The second kappa shape index (κ2) is 8.26. The number of nitriles is 2. The van der Waals surface area contributed by atoms with Gasteiger partial charge in [-0.3, -0.25) is 4.79 Å². The van der Waals surface area contributed by atoms with Gasteiger partial charge in [0.2, 0.25) is 5.78 Å². The fourth-order valence-electron chi connectivity index (χ4n) is 3.06. The Morgan fingerprint density at radius 3 is 2.57 bits per heavy atom. The maximum Gasteiger partial charge on any atom is 0.231 e. The molecule has 0 atom stereocenters. The van der Waals surface area contributed by atoms with Crippen LogP contribution in [-0.4, -0.2) is 31.1 Å². The van der Waals surface area contributed by atoms with E-state index in [1.165, 1.54) is 12.1 Å². The summed E-state index contributed by atoms with van der Waals surface area (Å²) in [5.41, 5.74) is 1.42. The number of quaternary nitrogens is 1. The van der Waals surface area contributed by atoms with Crippen LogP contribution in [0, 0.1) is 22.7 Å². The first kappa shape index (κ1) is 19.0. The first-order valence-corrected chi connectivity index (χ1v) is 8.58. The second-order valence-corrected chi connectivity index (χ2v) is 6.22. The Hall–Kier alpha value is -3.81. The number of benzene rings is 2. The van der Waals surface area contributed by atoms with E-state index < -0.39 is 0 Å². The summed E-state index contributed by atoms with van der Waals surface area (Å²) in [6.45, 7) is 0.369. The van der Waals surface area contributed by atoms with Crippen LogP contribution in [-0.2, 0) is 6.54 Å². The highest BCUT2D eigenvalue weighted by molar-refractivity contribution is 6.15. The SMILES string of the molecule is COc1ccccc1/C=C1/Oc2c(ccc(O)c2C[NH+](CC#N)CC#N)C1=O. The molecule has 0 fully saturated rings. The van der Waals surface area contributed by atoms with Crippen molar-refractivity contribution in [3.63, 3.8) is 0 Å². The maximum atomic E-state index is 12.8. The minimum absolute atomic E-state index is 0.0431. The van der Waals surface area contributed by atoms with Crippen molar-refractivity contribution in [2.45, 2.75) is 6.54 Å². The number of para-hydroxylation sites is 1. The second-order valence-electron chi connectivity index (χ2n) is 6.22. The average molecular weight is 376 g/mol. The zero-order chi connectivity index (χ0) is 20.1. The Morgan fingerprint density at radius 1 is 1.18 bits per heavy atom. The molecule has 2 aromatic rings. The third kappa shape index (κ3) is 3.66. The van der Waals surface area contributed by atoms with Crippen LogP contribution in [0.4, 0.5) is 0 Å². The summed E-state index contributed by atoms with van der Waals surface area (Å²) in [5, 5.41) is 28.2. The van der Waals surface area contributed by atoms with Crippen LogP contribution < -0.4 is 14.4 Å². The van der Waals surface area contributed by atoms with Crippen molar-refractivity contribution in [3.8, 4) is 29.4 Å². The lowest BCUT2D eigenvalue weighted by Crippen LogP contribution is -3.10. The molecule has 0 saturated heterocycles. The molecule has 7 heteroatoms. The lowest BCUT2D eigenvalue weighted by Gasteiger charge is -2.15. The Labute approximate surface area is 162 Å². The predicted octanol–water partition coefficient (Wildman–Crippen LogP) is 1.45. The number of hydrogen-bond donors (Lipinski definition) is 2. The standard InChI is InChI=1S/C21H17N3O4/c1-27-18-5-3-2-4-14(18)12-19-20(26)15-6-7-17(25)16(21(15)28-19)13-24(10-8-22)11-9-23/h2-7,12,25H,10-11,13H2,1H3/p+1/b19-12+. The van der Waals surface area contributed by atoms with Gasteiger partial charge >= 0.3 is 0 Å². The van der Waals surface area contributed by atoms with Crippen LogP contribution in [0.15, 0.2) is 42.2 Å². The summed E-state index contributed by atoms with van der Waals surface area (Å²) < 4.78 is 11.1. The third-order valence-electron chi connectivity index (χ3n) is 4.43. The molecule has 1 aliphatic heterocycles. The van der Waals surface area contributed by atoms with Crippen molar-refractivity contribution < 1.29 is 24.3 Å². The summed E-state index contributed by atoms with van der Waals surface area (Å²) in [4.78, 5) is 13.4. The van der Waals surface area contributed by atoms with Crippen molar-refractivity contribution in [2.24, 2.45) is 0 Å². The quantitative estimate of drug-likeness (QED) is 0.584. The van der Waals surface area contributed by atoms with Gasteiger partial charge in [0.1, 0.15) is 30.2 Å². The maximum absolute atomic E-state index is 12.8. The van der Waals surface area contributed by atoms with Gasteiger partial charge in [-0.05, 0) is 24.3 Å². The molecule has 2 N–H and O–H groups in total. The summed E-state index contributed by atoms with van der Waals surface area (Å²) >= 11 is 0. The molecule has 28 heavy (non-hydrogen) atoms. The molecule has 0 radical (unpaired) electrons. The van der Waals surface area contributed by atoms with Gasteiger partial charge in [-0.25, -0.2) is 0 Å². The van der Waals surface area contributed by atoms with Crippen molar-refractivity contribution >= 4 is 11.9 Å². The van der Waals surface area contributed by atoms with Gasteiger partial charge in [0.05, 0.1) is 18.2 Å². The van der Waals surface area contributed by atoms with Crippen LogP contribution >= 0.6 is 0 Å². The molecular formula is C21H18N3O4+. The summed E-state index contributed by atoms with van der Waals surface area (Å²) in [6.07, 6.45) is 1.59. The number of aromatic hydroxyl groups is 1. The highest BCUT2D eigenvalue weighted by Crippen LogP contribution is 2.39. The lowest BCUT2D eigenvalue weighted by atomic mass is 10.0. The molecule has 0 unspecified atom stereocenters. The molecular weight excluding hydrogens is 358 g/mol. The lowest BCUT2D eigenvalue weighted by molar-refractivity contribution is -0.899. The number of rotatable bonds is 6. The number of fused-ring (bicyclic) bond motifs is 1. The van der Waals surface area contributed by atoms with Gasteiger partial charge in [-0.15, -0.1) is 0 Å². The van der Waals surface area contributed by atoms with Crippen molar-refractivity contribution in [3.05, 3.63) is 58.8 Å². The smallest absolute Gasteiger partial charge is 0.231 e. The number of carbonyl (C=O) groups excluding carboxylic acids is 1. The molecule has 0 amide bonds. The number of nitrogens with one attached hydrogen (secondary N) is 1. The molecule has 3 rings (SSSR count). The summed E-state index contributed by atoms with van der Waals surface area (Å²) in [5.74, 6) is 0.639. The highest BCUT2D eigenvalue weighted by Gasteiger charge is 2.32. The van der Waals surface area contributed by atoms with Gasteiger partial charge in [0.15, 0.2) is 24.6 Å². The first-order valence-electron chi connectivity index (χ1n) is 8.58. The number of methoxy groups -OCH3 is 1. The Balaban J connectivity index is 1.98. The molecule has 0 bridgehead atoms. The van der Waals surface area contributed by atoms with E-state index in [4.69, 9.17) is 20.0 Å². The topological polar surface area (TPSA) is 108 Å². The number of ether oxygens (including phenoxy) is 2. The van der Waals surface area contributed by atoms with E-state index in [0.29, 0.717) is 27.3 Å². The molecule has 7 nitrogen and oxygen atoms in total. The first-order chi connectivity index (χ1) is 13.6. The molecule has 140 valence electrons. The van der Waals surface area contributed by atoms with Crippen LogP contribution in [0.1, 0.15) is 21.5 Å². The Morgan fingerprint density at radius 2 is 1.89 bits per heavy atom. The van der Waals surface area contributed by atoms with Crippen molar-refractivity contribution in [2.75, 3.05) is 20.2 Å². The summed E-state index contributed by atoms with van der Waals surface area (Å²) in [7, 11) is 1.54. The number of phenolic OH excluding ortho intramolecular Hbond substituents is 1. The van der Waals surface area contributed by atoms with Crippen molar-refractivity contribution in [1.82, 2.24) is 0 Å². The fourth-order valence-corrected chi connectivity index (χ4v) is 3.06. The molecule has 0 aromatic heterocycles. The molecule has 0 saturated carbocycles. The Kier molecular flexibility index (Phi) is 5.59. The van der Waals surface area contributed by atoms with Gasteiger partial charge in [0, 0.05) is 5.56 Å². The predicted molar refractivity (Wildman–Crippen MR) is 99.7 cm³/mol. The number of Topliss-reactive ketones (excluding diaryl/α,β-unsaturated/α-hetero) is 1. The number of carbonyl (C=O) groups is 1. The van der Waals surface area contributed by atoms with Crippen LogP contribution in [0.25, 0.3) is 6.08 Å². The van der Waals surface area contributed by atoms with Gasteiger partial charge < -0.3 is 19.5 Å². The van der Waals surface area contributed by atoms with E-state index in [1.54, 1.807) is 25.3 Å². The molecule has 0 aliphatic carbocycles. The van der Waals surface area contributed by atoms with Crippen molar-refractivity contribution in [1.29, 1.82) is 10.5 Å². The van der Waals surface area contributed by atoms with E-state index in [1.807, 2.05) is 24.3 Å². The monoisotopic (exact) mass is 376 g/mol. The average Bonchev–Trinajstić information content (AvgIpc) is 3.00. The number of hydrogen-bond acceptors (Lipinski definition) is 6. The van der Waals surface area contributed by atoms with E-state index in [2.05, 4.69) is 0 Å². The van der Waals surface area contributed by atoms with Gasteiger partial charge in [0.25, 0.3) is 0 Å². The minimum Gasteiger partial charge on any atom is -0.507 e. The highest BCUT2D eigenvalue weighted by atomic mass is 16.5. The molecule has 1 aliphatic rings. The van der Waals surface area contributed by atoms with E-state index in [9.17, 15) is 9.90 Å². The van der Waals surface area contributed by atoms with E-state index >= 15 is 0 Å². The normalized spacial score (nSPS) is 13.7. The molecule has 0 spiro atoms. The van der Waals surface area contributed by atoms with Crippen LogP contribution in [0.2, 0.25) is 0 Å². The zero-order valence-electron chi connectivity index (χ0n) is 15.2. The zero-order valence-corrected chi connectivity index (χ0v) is 15.2.